The Kier molecular flexibility index (Phi) is 4.35. The van der Waals surface area contributed by atoms with E-state index in [2.05, 4.69) is 10.3 Å². The number of aromatic nitrogens is 1. The van der Waals surface area contributed by atoms with Crippen molar-refractivity contribution in [2.75, 3.05) is 5.32 Å². The van der Waals surface area contributed by atoms with Crippen LogP contribution in [0, 0.1) is 5.82 Å². The van der Waals surface area contributed by atoms with Crippen LogP contribution >= 0.6 is 11.3 Å². The van der Waals surface area contributed by atoms with Gasteiger partial charge >= 0.3 is 0 Å². The largest absolute Gasteiger partial charge is 0.504 e. The fraction of sp³-hybridized carbons (Fsp3) is 0. The van der Waals surface area contributed by atoms with Gasteiger partial charge in [-0.25, -0.2) is 9.37 Å². The van der Waals surface area contributed by atoms with Crippen molar-refractivity contribution in [2.24, 2.45) is 0 Å². The summed E-state index contributed by atoms with van der Waals surface area (Å²) < 4.78 is 13.5. The third-order valence-corrected chi connectivity index (χ3v) is 4.23. The molecule has 120 valence electrons. The Bertz CT molecular complexity index is 909. The molecule has 1 aromatic heterocycles. The number of amides is 1. The molecule has 0 aliphatic carbocycles. The van der Waals surface area contributed by atoms with Crippen molar-refractivity contribution in [1.29, 1.82) is 0 Å². The molecule has 1 amide bonds. The number of rotatable bonds is 4. The summed E-state index contributed by atoms with van der Waals surface area (Å²) in [4.78, 5) is 28.0. The second-order valence-corrected chi connectivity index (χ2v) is 5.89. The average Bonchev–Trinajstić information content (AvgIpc) is 3.06. The Hall–Kier alpha value is -3.06. The first-order chi connectivity index (χ1) is 11.6. The number of aldehydes is 1. The standard InChI is InChI=1S/C17H11FN2O3S/c18-13-7-11(6-12(9-21)15(13)22)16(23)20-17-19-8-14(24-17)10-4-2-1-3-5-10/h1-9,22H,(H,19,20,23). The maximum Gasteiger partial charge on any atom is 0.257 e. The van der Waals surface area contributed by atoms with E-state index in [1.807, 2.05) is 30.3 Å². The third-order valence-electron chi connectivity index (χ3n) is 3.27. The molecule has 24 heavy (non-hydrogen) atoms. The highest BCUT2D eigenvalue weighted by Gasteiger charge is 2.15. The van der Waals surface area contributed by atoms with E-state index in [1.165, 1.54) is 11.3 Å². The molecule has 0 unspecified atom stereocenters. The summed E-state index contributed by atoms with van der Waals surface area (Å²) in [7, 11) is 0. The van der Waals surface area contributed by atoms with E-state index in [1.54, 1.807) is 6.20 Å². The SMILES string of the molecule is O=Cc1cc(C(=O)Nc2ncc(-c3ccccc3)s2)cc(F)c1O. The van der Waals surface area contributed by atoms with Crippen LogP contribution in [0.3, 0.4) is 0 Å². The molecule has 1 heterocycles. The van der Waals surface area contributed by atoms with Gasteiger partial charge in [-0.15, -0.1) is 0 Å². The zero-order valence-electron chi connectivity index (χ0n) is 12.2. The monoisotopic (exact) mass is 342 g/mol. The van der Waals surface area contributed by atoms with E-state index in [4.69, 9.17) is 0 Å². The quantitative estimate of drug-likeness (QED) is 0.708. The molecule has 0 saturated heterocycles. The predicted octanol–water partition coefficient (Wildman–Crippen LogP) is 3.72. The zero-order valence-corrected chi connectivity index (χ0v) is 13.0. The van der Waals surface area contributed by atoms with Gasteiger partial charge < -0.3 is 5.11 Å². The first-order valence-corrected chi connectivity index (χ1v) is 7.70. The number of carbonyl (C=O) groups excluding carboxylic acids is 2. The molecule has 0 atom stereocenters. The molecule has 0 bridgehead atoms. The molecule has 7 heteroatoms. The Morgan fingerprint density at radius 2 is 2.00 bits per heavy atom. The highest BCUT2D eigenvalue weighted by Crippen LogP contribution is 2.29. The van der Waals surface area contributed by atoms with Gasteiger partial charge in [0.2, 0.25) is 0 Å². The highest BCUT2D eigenvalue weighted by atomic mass is 32.1. The molecule has 0 saturated carbocycles. The van der Waals surface area contributed by atoms with Crippen molar-refractivity contribution in [3.05, 3.63) is 65.6 Å². The fourth-order valence-corrected chi connectivity index (χ4v) is 2.90. The molecule has 2 N–H and O–H groups in total. The fourth-order valence-electron chi connectivity index (χ4n) is 2.08. The van der Waals surface area contributed by atoms with E-state index in [9.17, 15) is 19.1 Å². The lowest BCUT2D eigenvalue weighted by Gasteiger charge is -2.05. The topological polar surface area (TPSA) is 79.3 Å². The van der Waals surface area contributed by atoms with Gasteiger partial charge in [-0.05, 0) is 17.7 Å². The molecule has 0 spiro atoms. The van der Waals surface area contributed by atoms with E-state index in [0.29, 0.717) is 5.13 Å². The Labute approximate surface area is 140 Å². The smallest absolute Gasteiger partial charge is 0.257 e. The van der Waals surface area contributed by atoms with E-state index in [-0.39, 0.29) is 17.4 Å². The second kappa shape index (κ2) is 6.59. The van der Waals surface area contributed by atoms with E-state index >= 15 is 0 Å². The zero-order chi connectivity index (χ0) is 17.1. The summed E-state index contributed by atoms with van der Waals surface area (Å²) >= 11 is 1.27. The Morgan fingerprint density at radius 3 is 2.71 bits per heavy atom. The average molecular weight is 342 g/mol. The molecular weight excluding hydrogens is 331 g/mol. The normalized spacial score (nSPS) is 10.4. The number of carbonyl (C=O) groups is 2. The first-order valence-electron chi connectivity index (χ1n) is 6.89. The maximum atomic E-state index is 13.5. The van der Waals surface area contributed by atoms with Crippen LogP contribution in [0.2, 0.25) is 0 Å². The lowest BCUT2D eigenvalue weighted by atomic mass is 10.1. The second-order valence-electron chi connectivity index (χ2n) is 4.86. The van der Waals surface area contributed by atoms with Gasteiger partial charge in [0.25, 0.3) is 5.91 Å². The number of hydrogen-bond donors (Lipinski definition) is 2. The van der Waals surface area contributed by atoms with Crippen molar-refractivity contribution < 1.29 is 19.1 Å². The van der Waals surface area contributed by atoms with Crippen molar-refractivity contribution in [3.8, 4) is 16.2 Å². The number of anilines is 1. The number of phenols is 1. The van der Waals surface area contributed by atoms with Gasteiger partial charge in [-0.2, -0.15) is 0 Å². The number of halogens is 1. The number of phenolic OH excluding ortho intramolecular Hbond substituents is 1. The minimum Gasteiger partial charge on any atom is -0.504 e. The molecule has 0 radical (unpaired) electrons. The van der Waals surface area contributed by atoms with Gasteiger partial charge in [0.15, 0.2) is 23.0 Å². The number of benzene rings is 2. The van der Waals surface area contributed by atoms with Crippen LogP contribution in [0.4, 0.5) is 9.52 Å². The maximum absolute atomic E-state index is 13.5. The minimum atomic E-state index is -1.03. The Balaban J connectivity index is 1.82. The highest BCUT2D eigenvalue weighted by molar-refractivity contribution is 7.19. The number of aromatic hydroxyl groups is 1. The molecule has 2 aromatic carbocycles. The van der Waals surface area contributed by atoms with Crippen LogP contribution in [0.25, 0.3) is 10.4 Å². The first kappa shape index (κ1) is 15.8. The van der Waals surface area contributed by atoms with Crippen LogP contribution in [-0.2, 0) is 0 Å². The number of thiazole rings is 1. The van der Waals surface area contributed by atoms with Crippen LogP contribution in [-0.4, -0.2) is 22.3 Å². The van der Waals surface area contributed by atoms with E-state index in [0.717, 1.165) is 22.6 Å². The van der Waals surface area contributed by atoms with Crippen molar-refractivity contribution >= 4 is 28.7 Å². The lowest BCUT2D eigenvalue weighted by Crippen LogP contribution is -2.12. The molecule has 3 rings (SSSR count). The summed E-state index contributed by atoms with van der Waals surface area (Å²) in [5, 5.41) is 12.3. The summed E-state index contributed by atoms with van der Waals surface area (Å²) in [6.45, 7) is 0. The van der Waals surface area contributed by atoms with Crippen LogP contribution < -0.4 is 5.32 Å². The minimum absolute atomic E-state index is 0.0798. The van der Waals surface area contributed by atoms with Crippen LogP contribution in [0.1, 0.15) is 20.7 Å². The molecule has 0 aliphatic rings. The lowest BCUT2D eigenvalue weighted by molar-refractivity contribution is 0.102. The van der Waals surface area contributed by atoms with Gasteiger partial charge in [-0.3, -0.25) is 14.9 Å². The molecule has 3 aromatic rings. The van der Waals surface area contributed by atoms with Crippen molar-refractivity contribution in [3.63, 3.8) is 0 Å². The van der Waals surface area contributed by atoms with E-state index < -0.39 is 17.5 Å². The third kappa shape index (κ3) is 3.16. The van der Waals surface area contributed by atoms with Gasteiger partial charge in [0.1, 0.15) is 0 Å². The Morgan fingerprint density at radius 1 is 1.25 bits per heavy atom. The van der Waals surface area contributed by atoms with Crippen molar-refractivity contribution in [1.82, 2.24) is 4.98 Å². The summed E-state index contributed by atoms with van der Waals surface area (Å²) in [6.07, 6.45) is 1.91. The summed E-state index contributed by atoms with van der Waals surface area (Å²) in [5.41, 5.74) is 0.600. The molecule has 5 nitrogen and oxygen atoms in total. The van der Waals surface area contributed by atoms with Crippen molar-refractivity contribution in [2.45, 2.75) is 0 Å². The summed E-state index contributed by atoms with van der Waals surface area (Å²) in [5.74, 6) is -2.43. The van der Waals surface area contributed by atoms with Gasteiger partial charge in [0, 0.05) is 11.8 Å². The van der Waals surface area contributed by atoms with Gasteiger partial charge in [-0.1, -0.05) is 41.7 Å². The van der Waals surface area contributed by atoms with Crippen LogP contribution in [0.5, 0.6) is 5.75 Å². The van der Waals surface area contributed by atoms with Gasteiger partial charge in [0.05, 0.1) is 10.4 Å². The number of hydrogen-bond acceptors (Lipinski definition) is 5. The predicted molar refractivity (Wildman–Crippen MR) is 89.0 cm³/mol. The molecule has 0 fully saturated rings. The van der Waals surface area contributed by atoms with Crippen LogP contribution in [0.15, 0.2) is 48.7 Å². The molecular formula is C17H11FN2O3S. The molecule has 0 aliphatic heterocycles. The number of nitrogens with zero attached hydrogens (tertiary/aromatic N) is 1. The number of nitrogens with one attached hydrogen (secondary N) is 1. The summed E-state index contributed by atoms with van der Waals surface area (Å²) in [6, 6.07) is 11.5.